The second kappa shape index (κ2) is 10.0. The Morgan fingerprint density at radius 2 is 1.40 bits per heavy atom. The molecule has 9 nitrogen and oxygen atoms in total. The first-order valence-electron chi connectivity index (χ1n) is 10.7. The maximum atomic E-state index is 12.7. The van der Waals surface area contributed by atoms with Gasteiger partial charge in [-0.25, -0.2) is 14.5 Å². The Kier molecular flexibility index (Phi) is 6.68. The van der Waals surface area contributed by atoms with Crippen molar-refractivity contribution >= 4 is 41.0 Å². The predicted molar refractivity (Wildman–Crippen MR) is 125 cm³/mol. The summed E-state index contributed by atoms with van der Waals surface area (Å²) in [7, 11) is 0. The quantitative estimate of drug-likeness (QED) is 0.413. The molecular formula is C26H20N2O7. The van der Waals surface area contributed by atoms with Crippen molar-refractivity contribution in [2.75, 3.05) is 23.4 Å². The number of nitrogens with zero attached hydrogens (tertiary/aromatic N) is 1. The van der Waals surface area contributed by atoms with Gasteiger partial charge in [0.05, 0.1) is 34.5 Å². The Labute approximate surface area is 200 Å². The number of esters is 2. The second-order valence-electron chi connectivity index (χ2n) is 7.46. The molecule has 176 valence electrons. The van der Waals surface area contributed by atoms with Gasteiger partial charge in [0.25, 0.3) is 17.7 Å². The van der Waals surface area contributed by atoms with E-state index < -0.39 is 36.3 Å². The Balaban J connectivity index is 1.37. The fourth-order valence-electron chi connectivity index (χ4n) is 3.51. The zero-order valence-corrected chi connectivity index (χ0v) is 18.6. The molecule has 3 amide bonds. The maximum Gasteiger partial charge on any atom is 0.338 e. The van der Waals surface area contributed by atoms with E-state index in [1.165, 1.54) is 48.5 Å². The van der Waals surface area contributed by atoms with E-state index in [2.05, 4.69) is 5.32 Å². The SMILES string of the molecule is CCOC(=O)c1ccc(NC(=O)COC(=O)c2cccc(N3C(=O)c4ccccc4C3=O)c2)cc1. The van der Waals surface area contributed by atoms with E-state index in [0.29, 0.717) is 11.3 Å². The number of hydrogen-bond acceptors (Lipinski definition) is 7. The van der Waals surface area contributed by atoms with E-state index >= 15 is 0 Å². The monoisotopic (exact) mass is 472 g/mol. The largest absolute Gasteiger partial charge is 0.462 e. The molecule has 0 spiro atoms. The molecule has 0 atom stereocenters. The van der Waals surface area contributed by atoms with Crippen molar-refractivity contribution in [3.8, 4) is 0 Å². The van der Waals surface area contributed by atoms with Gasteiger partial charge in [0.1, 0.15) is 0 Å². The van der Waals surface area contributed by atoms with Gasteiger partial charge in [-0.15, -0.1) is 0 Å². The standard InChI is InChI=1S/C26H20N2O7/c1-2-34-25(32)16-10-12-18(13-11-16)27-22(29)15-35-26(33)17-6-5-7-19(14-17)28-23(30)20-8-3-4-9-21(20)24(28)31/h3-14H,2,15H2,1H3,(H,27,29). The molecule has 3 aromatic rings. The van der Waals surface area contributed by atoms with Crippen LogP contribution in [0.2, 0.25) is 0 Å². The summed E-state index contributed by atoms with van der Waals surface area (Å²) in [6, 6.07) is 18.4. The Hall–Kier alpha value is -4.79. The fraction of sp³-hybridized carbons (Fsp3) is 0.115. The van der Waals surface area contributed by atoms with E-state index in [1.807, 2.05) is 0 Å². The van der Waals surface area contributed by atoms with Gasteiger partial charge in [0, 0.05) is 5.69 Å². The number of hydrogen-bond donors (Lipinski definition) is 1. The van der Waals surface area contributed by atoms with Crippen LogP contribution in [0.25, 0.3) is 0 Å². The molecule has 3 aromatic carbocycles. The molecule has 1 aliphatic rings. The minimum atomic E-state index is -0.795. The summed E-state index contributed by atoms with van der Waals surface area (Å²) < 4.78 is 9.98. The average molecular weight is 472 g/mol. The Bertz CT molecular complexity index is 1300. The van der Waals surface area contributed by atoms with Crippen molar-refractivity contribution < 1.29 is 33.4 Å². The third kappa shape index (κ3) is 4.93. The molecular weight excluding hydrogens is 452 g/mol. The van der Waals surface area contributed by atoms with Gasteiger partial charge < -0.3 is 14.8 Å². The van der Waals surface area contributed by atoms with Crippen LogP contribution >= 0.6 is 0 Å². The summed E-state index contributed by atoms with van der Waals surface area (Å²) >= 11 is 0. The van der Waals surface area contributed by atoms with Crippen LogP contribution < -0.4 is 10.2 Å². The summed E-state index contributed by atoms with van der Waals surface area (Å²) in [6.07, 6.45) is 0. The average Bonchev–Trinajstić information content (AvgIpc) is 3.13. The predicted octanol–water partition coefficient (Wildman–Crippen LogP) is 3.46. The zero-order valence-electron chi connectivity index (χ0n) is 18.6. The molecule has 0 bridgehead atoms. The Morgan fingerprint density at radius 3 is 2.03 bits per heavy atom. The van der Waals surface area contributed by atoms with Crippen LogP contribution in [0, 0.1) is 0 Å². The van der Waals surface area contributed by atoms with E-state index in [9.17, 15) is 24.0 Å². The molecule has 1 heterocycles. The first-order chi connectivity index (χ1) is 16.9. The highest BCUT2D eigenvalue weighted by Crippen LogP contribution is 2.28. The molecule has 35 heavy (non-hydrogen) atoms. The normalized spacial score (nSPS) is 12.2. The molecule has 0 radical (unpaired) electrons. The van der Waals surface area contributed by atoms with Crippen LogP contribution in [-0.2, 0) is 14.3 Å². The molecule has 0 aromatic heterocycles. The van der Waals surface area contributed by atoms with Crippen molar-refractivity contribution in [3.05, 3.63) is 95.1 Å². The number of rotatable bonds is 7. The zero-order chi connectivity index (χ0) is 24.9. The number of anilines is 2. The van der Waals surface area contributed by atoms with E-state index in [1.54, 1.807) is 31.2 Å². The smallest absolute Gasteiger partial charge is 0.338 e. The minimum Gasteiger partial charge on any atom is -0.462 e. The first-order valence-corrected chi connectivity index (χ1v) is 10.7. The topological polar surface area (TPSA) is 119 Å². The summed E-state index contributed by atoms with van der Waals surface area (Å²) in [5.41, 5.74) is 1.62. The van der Waals surface area contributed by atoms with Gasteiger partial charge in [-0.3, -0.25) is 14.4 Å². The van der Waals surface area contributed by atoms with Gasteiger partial charge in [0.15, 0.2) is 6.61 Å². The first kappa shape index (κ1) is 23.4. The molecule has 9 heteroatoms. The molecule has 0 saturated carbocycles. The Morgan fingerprint density at radius 1 is 0.771 bits per heavy atom. The van der Waals surface area contributed by atoms with E-state index in [4.69, 9.17) is 9.47 Å². The third-order valence-corrected chi connectivity index (χ3v) is 5.15. The van der Waals surface area contributed by atoms with Crippen LogP contribution in [0.15, 0.2) is 72.8 Å². The number of amides is 3. The van der Waals surface area contributed by atoms with Crippen LogP contribution in [0.4, 0.5) is 11.4 Å². The number of fused-ring (bicyclic) bond motifs is 1. The third-order valence-electron chi connectivity index (χ3n) is 5.15. The molecule has 0 fully saturated rings. The van der Waals surface area contributed by atoms with Gasteiger partial charge in [-0.2, -0.15) is 0 Å². The lowest BCUT2D eigenvalue weighted by molar-refractivity contribution is -0.119. The number of carbonyl (C=O) groups is 5. The molecule has 4 rings (SSSR count). The number of carbonyl (C=O) groups excluding carboxylic acids is 5. The van der Waals surface area contributed by atoms with Gasteiger partial charge in [-0.05, 0) is 61.5 Å². The lowest BCUT2D eigenvalue weighted by Gasteiger charge is -2.15. The number of ether oxygens (including phenoxy) is 2. The van der Waals surface area contributed by atoms with Crippen molar-refractivity contribution in [1.29, 1.82) is 0 Å². The van der Waals surface area contributed by atoms with Crippen molar-refractivity contribution in [3.63, 3.8) is 0 Å². The van der Waals surface area contributed by atoms with Crippen LogP contribution in [-0.4, -0.2) is 42.9 Å². The van der Waals surface area contributed by atoms with E-state index in [-0.39, 0.29) is 29.0 Å². The van der Waals surface area contributed by atoms with Gasteiger partial charge in [0.2, 0.25) is 0 Å². The fourth-order valence-corrected chi connectivity index (χ4v) is 3.51. The van der Waals surface area contributed by atoms with Crippen LogP contribution in [0.1, 0.15) is 48.4 Å². The summed E-state index contributed by atoms with van der Waals surface area (Å²) in [6.45, 7) is 1.40. The van der Waals surface area contributed by atoms with Crippen molar-refractivity contribution in [1.82, 2.24) is 0 Å². The van der Waals surface area contributed by atoms with Crippen molar-refractivity contribution in [2.24, 2.45) is 0 Å². The highest BCUT2D eigenvalue weighted by molar-refractivity contribution is 6.34. The highest BCUT2D eigenvalue weighted by Gasteiger charge is 2.36. The number of imide groups is 1. The number of benzene rings is 3. The van der Waals surface area contributed by atoms with Gasteiger partial charge in [-0.1, -0.05) is 18.2 Å². The molecule has 0 aliphatic carbocycles. The maximum absolute atomic E-state index is 12.7. The van der Waals surface area contributed by atoms with Crippen molar-refractivity contribution in [2.45, 2.75) is 6.92 Å². The molecule has 1 aliphatic heterocycles. The summed E-state index contributed by atoms with van der Waals surface area (Å²) in [5, 5.41) is 2.56. The summed E-state index contributed by atoms with van der Waals surface area (Å²) in [5.74, 6) is -2.81. The lowest BCUT2D eigenvalue weighted by atomic mass is 10.1. The lowest BCUT2D eigenvalue weighted by Crippen LogP contribution is -2.29. The molecule has 1 N–H and O–H groups in total. The van der Waals surface area contributed by atoms with Crippen LogP contribution in [0.3, 0.4) is 0 Å². The number of nitrogens with one attached hydrogen (secondary N) is 1. The highest BCUT2D eigenvalue weighted by atomic mass is 16.5. The molecule has 0 saturated heterocycles. The molecule has 0 unspecified atom stereocenters. The summed E-state index contributed by atoms with van der Waals surface area (Å²) in [4.78, 5) is 62.7. The van der Waals surface area contributed by atoms with E-state index in [0.717, 1.165) is 4.90 Å². The van der Waals surface area contributed by atoms with Gasteiger partial charge >= 0.3 is 11.9 Å². The van der Waals surface area contributed by atoms with Crippen LogP contribution in [0.5, 0.6) is 0 Å². The second-order valence-corrected chi connectivity index (χ2v) is 7.46. The minimum absolute atomic E-state index is 0.0747.